The summed E-state index contributed by atoms with van der Waals surface area (Å²) in [5.41, 5.74) is 21.7. The van der Waals surface area contributed by atoms with Gasteiger partial charge < -0.3 is 18.7 Å². The lowest BCUT2D eigenvalue weighted by Crippen LogP contribution is -2.57. The van der Waals surface area contributed by atoms with Gasteiger partial charge in [0.1, 0.15) is 11.2 Å². The zero-order valence-electron chi connectivity index (χ0n) is 40.5. The Hall–Kier alpha value is -9.58. The molecule has 0 amide bonds. The second-order valence-corrected chi connectivity index (χ2v) is 20.0. The lowest BCUT2D eigenvalue weighted by atomic mass is 9.44. The van der Waals surface area contributed by atoms with Crippen LogP contribution in [0.1, 0.15) is 5.56 Å². The minimum absolute atomic E-state index is 0.195. The summed E-state index contributed by atoms with van der Waals surface area (Å²) < 4.78 is 9.68. The van der Waals surface area contributed by atoms with Gasteiger partial charge >= 0.3 is 6.85 Å². The molecule has 4 nitrogen and oxygen atoms in total. The zero-order valence-corrected chi connectivity index (χ0v) is 40.5. The quantitative estimate of drug-likeness (QED) is 0.123. The first-order valence-electron chi connectivity index (χ1n) is 25.6. The monoisotopic (exact) mass is 941 g/mol. The average molecular weight is 942 g/mol. The molecule has 344 valence electrons. The summed E-state index contributed by atoms with van der Waals surface area (Å²) in [5, 5.41) is 9.52. The first-order valence-corrected chi connectivity index (χ1v) is 25.6. The molecule has 0 bridgehead atoms. The van der Waals surface area contributed by atoms with E-state index in [0.29, 0.717) is 0 Å². The van der Waals surface area contributed by atoms with Gasteiger partial charge in [0.15, 0.2) is 0 Å². The van der Waals surface area contributed by atoms with Crippen LogP contribution in [0.4, 0.5) is 34.1 Å². The molecule has 0 aliphatic carbocycles. The van der Waals surface area contributed by atoms with Crippen molar-refractivity contribution in [3.8, 4) is 33.4 Å². The number of rotatable bonds is 6. The molecule has 0 spiro atoms. The van der Waals surface area contributed by atoms with Crippen molar-refractivity contribution in [1.29, 1.82) is 0 Å². The predicted molar refractivity (Wildman–Crippen MR) is 313 cm³/mol. The molecule has 2 aliphatic heterocycles. The molecule has 0 fully saturated rings. The maximum absolute atomic E-state index is 7.01. The number of aryl methyl sites for hydroxylation is 1. The van der Waals surface area contributed by atoms with Gasteiger partial charge in [0.2, 0.25) is 0 Å². The molecule has 5 heteroatoms. The van der Waals surface area contributed by atoms with Crippen molar-refractivity contribution in [3.63, 3.8) is 0 Å². The predicted octanol–water partition coefficient (Wildman–Crippen LogP) is 17.5. The van der Waals surface area contributed by atoms with Crippen molar-refractivity contribution in [1.82, 2.24) is 4.48 Å². The van der Waals surface area contributed by atoms with E-state index in [4.69, 9.17) is 4.42 Å². The molecule has 0 unspecified atom stereocenters. The largest absolute Gasteiger partial charge is 0.455 e. The Morgan fingerprint density at radius 2 is 1.03 bits per heavy atom. The van der Waals surface area contributed by atoms with Crippen molar-refractivity contribution in [2.24, 2.45) is 0 Å². The Balaban J connectivity index is 1.11. The molecule has 0 radical (unpaired) electrons. The maximum Gasteiger partial charge on any atom is 0.333 e. The van der Waals surface area contributed by atoms with Crippen molar-refractivity contribution >= 4 is 117 Å². The van der Waals surface area contributed by atoms with Gasteiger partial charge in [-0.25, -0.2) is 0 Å². The van der Waals surface area contributed by atoms with Gasteiger partial charge in [-0.15, -0.1) is 0 Å². The van der Waals surface area contributed by atoms with Gasteiger partial charge in [-0.3, -0.25) is 0 Å². The Labute approximate surface area is 428 Å². The van der Waals surface area contributed by atoms with E-state index >= 15 is 0 Å². The summed E-state index contributed by atoms with van der Waals surface area (Å²) in [6, 6.07) is 91.7. The Kier molecular flexibility index (Phi) is 8.72. The smallest absolute Gasteiger partial charge is 0.333 e. The molecular weight excluding hydrogens is 898 g/mol. The van der Waals surface area contributed by atoms with E-state index < -0.39 is 0 Å². The fraction of sp³-hybridized carbons (Fsp3) is 0.0145. The second kappa shape index (κ2) is 15.7. The van der Waals surface area contributed by atoms with Crippen LogP contribution in [0.15, 0.2) is 253 Å². The maximum atomic E-state index is 7.01. The van der Waals surface area contributed by atoms with Gasteiger partial charge in [-0.1, -0.05) is 164 Å². The molecule has 12 aromatic carbocycles. The minimum Gasteiger partial charge on any atom is -0.455 e. The molecule has 2 aliphatic rings. The van der Waals surface area contributed by atoms with E-state index in [2.05, 4.69) is 270 Å². The van der Waals surface area contributed by atoms with Gasteiger partial charge in [-0.05, 0) is 158 Å². The van der Waals surface area contributed by atoms with Crippen LogP contribution in [0.3, 0.4) is 0 Å². The summed E-state index contributed by atoms with van der Waals surface area (Å²) in [6.45, 7) is 2.16. The number of anilines is 6. The van der Waals surface area contributed by atoms with Crippen LogP contribution in [0.5, 0.6) is 0 Å². The summed E-state index contributed by atoms with van der Waals surface area (Å²) in [5.74, 6) is 0. The van der Waals surface area contributed by atoms with Crippen LogP contribution in [-0.4, -0.2) is 11.3 Å². The summed E-state index contributed by atoms with van der Waals surface area (Å²) >= 11 is 0. The van der Waals surface area contributed by atoms with Crippen LogP contribution < -0.4 is 20.7 Å². The summed E-state index contributed by atoms with van der Waals surface area (Å²) in [4.78, 5) is 5.06. The van der Waals surface area contributed by atoms with E-state index in [0.717, 1.165) is 66.9 Å². The number of furan rings is 1. The van der Waals surface area contributed by atoms with Gasteiger partial charge in [-0.2, -0.15) is 0 Å². The molecule has 74 heavy (non-hydrogen) atoms. The molecule has 0 saturated carbocycles. The number of benzene rings is 12. The normalized spacial score (nSPS) is 12.6. The van der Waals surface area contributed by atoms with Crippen LogP contribution in [0.25, 0.3) is 98.7 Å². The number of aromatic nitrogens is 1. The van der Waals surface area contributed by atoms with Crippen LogP contribution in [0, 0.1) is 6.92 Å². The second-order valence-electron chi connectivity index (χ2n) is 20.0. The highest BCUT2D eigenvalue weighted by molar-refractivity contribution is 6.90. The molecule has 4 heterocycles. The third-order valence-electron chi connectivity index (χ3n) is 16.0. The van der Waals surface area contributed by atoms with E-state index in [1.165, 1.54) is 82.4 Å². The summed E-state index contributed by atoms with van der Waals surface area (Å²) in [7, 11) is 0. The highest BCUT2D eigenvalue weighted by Crippen LogP contribution is 2.53. The SMILES string of the molecule is Cc1c2c(cc3cc4ccccc4cc13)B1c3c(cc(N(c4ccccc4)c4ccccc4)cc3N2c2cc(-c3ccccc3)cc(-c3ccccc3)c2)-c2cc3c4ccccc4oc3c3c4ccccc4n1c23. The van der Waals surface area contributed by atoms with Crippen molar-refractivity contribution < 1.29 is 4.42 Å². The zero-order chi connectivity index (χ0) is 48.6. The van der Waals surface area contributed by atoms with Gasteiger partial charge in [0.25, 0.3) is 0 Å². The molecule has 0 saturated heterocycles. The van der Waals surface area contributed by atoms with E-state index in [-0.39, 0.29) is 6.85 Å². The summed E-state index contributed by atoms with van der Waals surface area (Å²) in [6.07, 6.45) is 0. The van der Waals surface area contributed by atoms with Crippen molar-refractivity contribution in [2.45, 2.75) is 6.92 Å². The number of para-hydroxylation sites is 4. The molecule has 14 aromatic rings. The van der Waals surface area contributed by atoms with Crippen molar-refractivity contribution in [2.75, 3.05) is 9.80 Å². The Bertz CT molecular complexity index is 4520. The number of fused-ring (bicyclic) bond motifs is 13. The van der Waals surface area contributed by atoms with E-state index in [1.807, 2.05) is 0 Å². The molecule has 2 aromatic heterocycles. The number of nitrogens with zero attached hydrogens (tertiary/aromatic N) is 3. The third kappa shape index (κ3) is 5.92. The third-order valence-corrected chi connectivity index (χ3v) is 16.0. The molecule has 0 N–H and O–H groups in total. The fourth-order valence-corrected chi connectivity index (χ4v) is 12.8. The minimum atomic E-state index is -0.195. The van der Waals surface area contributed by atoms with E-state index in [1.54, 1.807) is 0 Å². The van der Waals surface area contributed by atoms with Gasteiger partial charge in [0.05, 0.1) is 5.39 Å². The molecule has 0 atom stereocenters. The first-order chi connectivity index (χ1) is 36.6. The fourth-order valence-electron chi connectivity index (χ4n) is 12.8. The van der Waals surface area contributed by atoms with Crippen LogP contribution in [0.2, 0.25) is 0 Å². The van der Waals surface area contributed by atoms with Crippen molar-refractivity contribution in [3.05, 3.63) is 254 Å². The van der Waals surface area contributed by atoms with Crippen LogP contribution >= 0.6 is 0 Å². The topological polar surface area (TPSA) is 24.6 Å². The Morgan fingerprint density at radius 1 is 0.432 bits per heavy atom. The number of hydrogen-bond donors (Lipinski definition) is 0. The van der Waals surface area contributed by atoms with E-state index in [9.17, 15) is 0 Å². The molecular formula is C69H44BN3O. The number of hydrogen-bond acceptors (Lipinski definition) is 3. The average Bonchev–Trinajstić information content (AvgIpc) is 4.07. The van der Waals surface area contributed by atoms with Gasteiger partial charge in [0, 0.05) is 66.9 Å². The first kappa shape index (κ1) is 41.1. The standard InChI is InChI=1S/C69H44BN3O/c1-43-57-38-47-25-15-14-24-46(47)34-50(57)39-61-67(43)72(53-36-48(44-20-6-2-7-21-44)35-49(37-53)45-22-8-3-9-23-45)63-41-54(71(51-26-10-4-11-27-51)52-28-12-5-13-29-52)40-58-59-42-60-55-30-17-19-33-64(55)74-69(60)65-56-31-16-18-32-62(56)73(68(59)65)70(61)66(58)63/h2-42H,1H3. The lowest BCUT2D eigenvalue weighted by molar-refractivity contribution is 0.673. The highest BCUT2D eigenvalue weighted by atomic mass is 16.3. The highest BCUT2D eigenvalue weighted by Gasteiger charge is 2.45. The molecule has 16 rings (SSSR count). The lowest BCUT2D eigenvalue weighted by Gasteiger charge is -2.42. The Morgan fingerprint density at radius 3 is 1.72 bits per heavy atom. The van der Waals surface area contributed by atoms with Crippen LogP contribution in [-0.2, 0) is 0 Å².